The topological polar surface area (TPSA) is 71.1 Å². The van der Waals surface area contributed by atoms with Crippen LogP contribution >= 0.6 is 0 Å². The summed E-state index contributed by atoms with van der Waals surface area (Å²) in [4.78, 5) is 29.0. The molecule has 2 N–H and O–H groups in total. The Morgan fingerprint density at radius 1 is 0.885 bits per heavy atom. The standard InChI is InChI=1S/C21H21N3O2/c1-21(2,3)20(26)24-16-9-6-8-15(12-16)19(25)23-17-11-14-7-4-5-10-18(14)22-13-17/h4-13H,1-3H3,(H,23,25)(H,24,26). The van der Waals surface area contributed by atoms with E-state index in [-0.39, 0.29) is 11.8 Å². The number of nitrogens with one attached hydrogen (secondary N) is 2. The minimum atomic E-state index is -0.505. The van der Waals surface area contributed by atoms with E-state index in [0.29, 0.717) is 16.9 Å². The number of nitrogens with zero attached hydrogens (tertiary/aromatic N) is 1. The average molecular weight is 347 g/mol. The van der Waals surface area contributed by atoms with Crippen molar-refractivity contribution in [2.24, 2.45) is 5.41 Å². The lowest BCUT2D eigenvalue weighted by Crippen LogP contribution is -2.27. The molecule has 26 heavy (non-hydrogen) atoms. The van der Waals surface area contributed by atoms with Gasteiger partial charge in [-0.15, -0.1) is 0 Å². The summed E-state index contributed by atoms with van der Waals surface area (Å²) in [5, 5.41) is 6.64. The van der Waals surface area contributed by atoms with Gasteiger partial charge in [0.25, 0.3) is 5.91 Å². The Morgan fingerprint density at radius 3 is 2.42 bits per heavy atom. The maximum atomic E-state index is 12.5. The molecule has 0 aliphatic carbocycles. The van der Waals surface area contributed by atoms with Crippen molar-refractivity contribution in [1.29, 1.82) is 0 Å². The zero-order chi connectivity index (χ0) is 18.7. The zero-order valence-corrected chi connectivity index (χ0v) is 15.0. The van der Waals surface area contributed by atoms with Gasteiger partial charge in [0, 0.05) is 22.1 Å². The van der Waals surface area contributed by atoms with Gasteiger partial charge < -0.3 is 10.6 Å². The van der Waals surface area contributed by atoms with Crippen LogP contribution in [0, 0.1) is 5.41 Å². The summed E-state index contributed by atoms with van der Waals surface area (Å²) in [5.74, 6) is -0.359. The molecule has 1 aromatic heterocycles. The molecule has 2 aromatic carbocycles. The largest absolute Gasteiger partial charge is 0.326 e. The third-order valence-corrected chi connectivity index (χ3v) is 3.91. The van der Waals surface area contributed by atoms with Crippen LogP contribution in [0.25, 0.3) is 10.9 Å². The van der Waals surface area contributed by atoms with Crippen molar-refractivity contribution >= 4 is 34.1 Å². The third-order valence-electron chi connectivity index (χ3n) is 3.91. The summed E-state index contributed by atoms with van der Waals surface area (Å²) in [5.41, 5.74) is 2.05. The number of anilines is 2. The third kappa shape index (κ3) is 4.06. The smallest absolute Gasteiger partial charge is 0.255 e. The molecule has 0 aliphatic heterocycles. The van der Waals surface area contributed by atoms with E-state index in [2.05, 4.69) is 15.6 Å². The van der Waals surface area contributed by atoms with Crippen LogP contribution in [0.2, 0.25) is 0 Å². The zero-order valence-electron chi connectivity index (χ0n) is 15.0. The normalized spacial score (nSPS) is 11.2. The van der Waals surface area contributed by atoms with Crippen LogP contribution in [0.15, 0.2) is 60.8 Å². The Bertz CT molecular complexity index is 974. The minimum Gasteiger partial charge on any atom is -0.326 e. The Hall–Kier alpha value is -3.21. The van der Waals surface area contributed by atoms with Crippen molar-refractivity contribution in [3.05, 3.63) is 66.4 Å². The van der Waals surface area contributed by atoms with Crippen molar-refractivity contribution in [3.8, 4) is 0 Å². The first-order valence-electron chi connectivity index (χ1n) is 8.40. The number of aromatic nitrogens is 1. The van der Waals surface area contributed by atoms with Crippen LogP contribution in [-0.2, 0) is 4.79 Å². The highest BCUT2D eigenvalue weighted by molar-refractivity contribution is 6.06. The molecular weight excluding hydrogens is 326 g/mol. The molecule has 0 saturated carbocycles. The van der Waals surface area contributed by atoms with E-state index in [1.54, 1.807) is 30.5 Å². The fraction of sp³-hybridized carbons (Fsp3) is 0.190. The lowest BCUT2D eigenvalue weighted by Gasteiger charge is -2.18. The van der Waals surface area contributed by atoms with Gasteiger partial charge in [-0.05, 0) is 30.3 Å². The second-order valence-corrected chi connectivity index (χ2v) is 7.16. The van der Waals surface area contributed by atoms with E-state index in [4.69, 9.17) is 0 Å². The fourth-order valence-electron chi connectivity index (χ4n) is 2.40. The Morgan fingerprint density at radius 2 is 1.65 bits per heavy atom. The van der Waals surface area contributed by atoms with Crippen LogP contribution in [0.5, 0.6) is 0 Å². The van der Waals surface area contributed by atoms with Gasteiger partial charge in [-0.1, -0.05) is 45.0 Å². The van der Waals surface area contributed by atoms with Gasteiger partial charge in [-0.2, -0.15) is 0 Å². The lowest BCUT2D eigenvalue weighted by atomic mass is 9.95. The van der Waals surface area contributed by atoms with Gasteiger partial charge in [0.15, 0.2) is 0 Å². The number of fused-ring (bicyclic) bond motifs is 1. The number of benzene rings is 2. The summed E-state index contributed by atoms with van der Waals surface area (Å²) in [6, 6.07) is 16.5. The van der Waals surface area contributed by atoms with Gasteiger partial charge >= 0.3 is 0 Å². The van der Waals surface area contributed by atoms with E-state index in [9.17, 15) is 9.59 Å². The number of pyridine rings is 1. The molecule has 1 heterocycles. The van der Waals surface area contributed by atoms with Crippen LogP contribution in [-0.4, -0.2) is 16.8 Å². The van der Waals surface area contributed by atoms with Crippen LogP contribution in [0.4, 0.5) is 11.4 Å². The first-order chi connectivity index (χ1) is 12.3. The number of para-hydroxylation sites is 1. The number of carbonyl (C=O) groups excluding carboxylic acids is 2. The van der Waals surface area contributed by atoms with E-state index in [1.807, 2.05) is 51.1 Å². The van der Waals surface area contributed by atoms with Crippen molar-refractivity contribution in [1.82, 2.24) is 4.98 Å². The summed E-state index contributed by atoms with van der Waals surface area (Å²) in [6.45, 7) is 5.52. The maximum absolute atomic E-state index is 12.5. The molecule has 5 heteroatoms. The molecular formula is C21H21N3O2. The first kappa shape index (κ1) is 17.6. The van der Waals surface area contributed by atoms with Gasteiger partial charge in [-0.25, -0.2) is 0 Å². The second-order valence-electron chi connectivity index (χ2n) is 7.16. The molecule has 0 unspecified atom stereocenters. The maximum Gasteiger partial charge on any atom is 0.255 e. The quantitative estimate of drug-likeness (QED) is 0.734. The molecule has 5 nitrogen and oxygen atoms in total. The van der Waals surface area contributed by atoms with E-state index >= 15 is 0 Å². The lowest BCUT2D eigenvalue weighted by molar-refractivity contribution is -0.123. The summed E-state index contributed by atoms with van der Waals surface area (Å²) in [6.07, 6.45) is 1.63. The average Bonchev–Trinajstić information content (AvgIpc) is 2.61. The van der Waals surface area contributed by atoms with Crippen molar-refractivity contribution in [2.75, 3.05) is 10.6 Å². The molecule has 0 fully saturated rings. The highest BCUT2D eigenvalue weighted by Crippen LogP contribution is 2.20. The minimum absolute atomic E-state index is 0.103. The summed E-state index contributed by atoms with van der Waals surface area (Å²) in [7, 11) is 0. The molecule has 3 aromatic rings. The predicted molar refractivity (Wildman–Crippen MR) is 104 cm³/mol. The Balaban J connectivity index is 1.77. The second kappa shape index (κ2) is 6.96. The Labute approximate surface area is 152 Å². The SMILES string of the molecule is CC(C)(C)C(=O)Nc1cccc(C(=O)Nc2cnc3ccccc3c2)c1. The van der Waals surface area contributed by atoms with E-state index in [0.717, 1.165) is 10.9 Å². The van der Waals surface area contributed by atoms with Crippen molar-refractivity contribution in [2.45, 2.75) is 20.8 Å². The van der Waals surface area contributed by atoms with Gasteiger partial charge in [0.05, 0.1) is 17.4 Å². The van der Waals surface area contributed by atoms with Crippen molar-refractivity contribution < 1.29 is 9.59 Å². The predicted octanol–water partition coefficient (Wildman–Crippen LogP) is 4.47. The molecule has 0 aliphatic rings. The monoisotopic (exact) mass is 347 g/mol. The number of hydrogen-bond acceptors (Lipinski definition) is 3. The number of carbonyl (C=O) groups is 2. The summed E-state index contributed by atoms with van der Waals surface area (Å²) >= 11 is 0. The molecule has 0 atom stereocenters. The molecule has 0 bridgehead atoms. The van der Waals surface area contributed by atoms with E-state index < -0.39 is 5.41 Å². The van der Waals surface area contributed by atoms with Gasteiger partial charge in [-0.3, -0.25) is 14.6 Å². The molecule has 2 amide bonds. The molecule has 3 rings (SSSR count). The van der Waals surface area contributed by atoms with Crippen LogP contribution in [0.3, 0.4) is 0 Å². The van der Waals surface area contributed by atoms with E-state index in [1.165, 1.54) is 0 Å². The first-order valence-corrected chi connectivity index (χ1v) is 8.40. The highest BCUT2D eigenvalue weighted by atomic mass is 16.2. The number of rotatable bonds is 3. The molecule has 0 radical (unpaired) electrons. The van der Waals surface area contributed by atoms with Gasteiger partial charge in [0.1, 0.15) is 0 Å². The molecule has 0 saturated heterocycles. The fourth-order valence-corrected chi connectivity index (χ4v) is 2.40. The molecule has 0 spiro atoms. The number of amides is 2. The van der Waals surface area contributed by atoms with Gasteiger partial charge in [0.2, 0.25) is 5.91 Å². The Kier molecular flexibility index (Phi) is 4.71. The highest BCUT2D eigenvalue weighted by Gasteiger charge is 2.21. The van der Waals surface area contributed by atoms with Crippen LogP contribution < -0.4 is 10.6 Å². The van der Waals surface area contributed by atoms with Crippen LogP contribution in [0.1, 0.15) is 31.1 Å². The summed E-state index contributed by atoms with van der Waals surface area (Å²) < 4.78 is 0. The molecule has 132 valence electrons. The number of hydrogen-bond donors (Lipinski definition) is 2. The van der Waals surface area contributed by atoms with Crippen molar-refractivity contribution in [3.63, 3.8) is 0 Å².